The van der Waals surface area contributed by atoms with Crippen LogP contribution in [0.15, 0.2) is 24.3 Å². The van der Waals surface area contributed by atoms with Crippen LogP contribution in [0.4, 0.5) is 0 Å². The number of hydrogen-bond acceptors (Lipinski definition) is 0. The lowest BCUT2D eigenvalue weighted by Crippen LogP contribution is -2.17. The van der Waals surface area contributed by atoms with Crippen LogP contribution in [0.25, 0.3) is 12.2 Å². The maximum Gasteiger partial charge on any atom is 0.114 e. The molecule has 0 aliphatic rings. The van der Waals surface area contributed by atoms with E-state index in [2.05, 4.69) is 0 Å². The normalized spacial score (nSPS) is 11.6. The van der Waals surface area contributed by atoms with Gasteiger partial charge >= 0.3 is 0 Å². The van der Waals surface area contributed by atoms with E-state index in [4.69, 9.17) is 15.7 Å². The van der Waals surface area contributed by atoms with E-state index in [1.54, 1.807) is 0 Å². The SMILES string of the molecule is [B]c1cc(C=CC)c([B])cc1C=CC. The molecule has 14 heavy (non-hydrogen) atoms. The third-order valence-electron chi connectivity index (χ3n) is 1.98. The van der Waals surface area contributed by atoms with Crippen molar-refractivity contribution in [2.45, 2.75) is 13.8 Å². The smallest absolute Gasteiger partial charge is 0.0890 e. The molecule has 4 radical (unpaired) electrons. The molecule has 0 aliphatic carbocycles. The molecule has 1 aromatic rings. The topological polar surface area (TPSA) is 0 Å². The molecule has 2 heteroatoms. The standard InChI is InChI=1S/C12H12B2/c1-3-5-9-7-12(14)10(6-4-2)8-11(9)13/h3-8H,1-2H3. The van der Waals surface area contributed by atoms with E-state index < -0.39 is 0 Å². The Labute approximate surface area is 88.5 Å². The third-order valence-corrected chi connectivity index (χ3v) is 1.98. The van der Waals surface area contributed by atoms with Crippen molar-refractivity contribution >= 4 is 38.8 Å². The maximum absolute atomic E-state index is 5.87. The monoisotopic (exact) mass is 178 g/mol. The fourth-order valence-electron chi connectivity index (χ4n) is 1.32. The predicted octanol–water partition coefficient (Wildman–Crippen LogP) is 1.34. The molecular weight excluding hydrogens is 166 g/mol. The molecule has 0 fully saturated rings. The highest BCUT2D eigenvalue weighted by Gasteiger charge is 1.98. The Bertz CT molecular complexity index is 338. The van der Waals surface area contributed by atoms with Gasteiger partial charge in [-0.15, -0.1) is 0 Å². The average Bonchev–Trinajstić information content (AvgIpc) is 2.14. The molecule has 0 saturated carbocycles. The minimum absolute atomic E-state index is 0.755. The highest BCUT2D eigenvalue weighted by Crippen LogP contribution is 2.02. The van der Waals surface area contributed by atoms with Crippen LogP contribution in [0, 0.1) is 0 Å². The molecule has 0 N–H and O–H groups in total. The van der Waals surface area contributed by atoms with Gasteiger partial charge in [-0.3, -0.25) is 0 Å². The molecule has 0 bridgehead atoms. The second kappa shape index (κ2) is 4.90. The molecule has 1 aromatic carbocycles. The lowest BCUT2D eigenvalue weighted by atomic mass is 9.81. The zero-order chi connectivity index (χ0) is 10.6. The fraction of sp³-hybridized carbons (Fsp3) is 0.167. The van der Waals surface area contributed by atoms with Crippen molar-refractivity contribution in [3.05, 3.63) is 35.4 Å². The van der Waals surface area contributed by atoms with Gasteiger partial charge in [-0.05, 0) is 25.0 Å². The second-order valence-corrected chi connectivity index (χ2v) is 3.11. The van der Waals surface area contributed by atoms with Crippen molar-refractivity contribution < 1.29 is 0 Å². The Morgan fingerprint density at radius 1 is 0.857 bits per heavy atom. The average molecular weight is 178 g/mol. The summed E-state index contributed by atoms with van der Waals surface area (Å²) in [4.78, 5) is 0. The molecule has 0 aliphatic heterocycles. The van der Waals surface area contributed by atoms with E-state index in [1.807, 2.05) is 50.3 Å². The second-order valence-electron chi connectivity index (χ2n) is 3.11. The van der Waals surface area contributed by atoms with E-state index in [1.165, 1.54) is 0 Å². The lowest BCUT2D eigenvalue weighted by Gasteiger charge is -2.07. The van der Waals surface area contributed by atoms with Crippen molar-refractivity contribution in [3.63, 3.8) is 0 Å². The number of hydrogen-bond donors (Lipinski definition) is 0. The van der Waals surface area contributed by atoms with Crippen LogP contribution in [-0.2, 0) is 0 Å². The van der Waals surface area contributed by atoms with Gasteiger partial charge in [0.05, 0.1) is 0 Å². The van der Waals surface area contributed by atoms with E-state index >= 15 is 0 Å². The fourth-order valence-corrected chi connectivity index (χ4v) is 1.32. The van der Waals surface area contributed by atoms with Crippen LogP contribution in [0.3, 0.4) is 0 Å². The quantitative estimate of drug-likeness (QED) is 0.599. The first-order valence-corrected chi connectivity index (χ1v) is 4.63. The number of rotatable bonds is 2. The minimum Gasteiger partial charge on any atom is -0.0890 e. The number of allylic oxidation sites excluding steroid dienone is 2. The van der Waals surface area contributed by atoms with Crippen LogP contribution in [0.2, 0.25) is 0 Å². The Kier molecular flexibility index (Phi) is 3.82. The van der Waals surface area contributed by atoms with Gasteiger partial charge in [-0.2, -0.15) is 0 Å². The Morgan fingerprint density at radius 3 is 1.50 bits per heavy atom. The molecule has 1 rings (SSSR count). The first-order chi connectivity index (χ1) is 6.69. The molecule has 0 amide bonds. The van der Waals surface area contributed by atoms with Gasteiger partial charge < -0.3 is 0 Å². The minimum atomic E-state index is 0.755. The molecule has 0 aromatic heterocycles. The molecule has 0 unspecified atom stereocenters. The molecule has 0 heterocycles. The molecule has 66 valence electrons. The van der Waals surface area contributed by atoms with E-state index in [0.717, 1.165) is 22.1 Å². The van der Waals surface area contributed by atoms with E-state index in [-0.39, 0.29) is 0 Å². The Balaban J connectivity index is 3.23. The van der Waals surface area contributed by atoms with Crippen LogP contribution in [-0.4, -0.2) is 15.7 Å². The van der Waals surface area contributed by atoms with Crippen molar-refractivity contribution in [2.24, 2.45) is 0 Å². The summed E-state index contributed by atoms with van der Waals surface area (Å²) in [6.45, 7) is 3.91. The Morgan fingerprint density at radius 2 is 1.21 bits per heavy atom. The van der Waals surface area contributed by atoms with Crippen molar-refractivity contribution in [1.29, 1.82) is 0 Å². The third kappa shape index (κ3) is 2.41. The Hall–Kier alpha value is -1.17. The van der Waals surface area contributed by atoms with Crippen molar-refractivity contribution in [1.82, 2.24) is 0 Å². The molecule has 0 saturated heterocycles. The lowest BCUT2D eigenvalue weighted by molar-refractivity contribution is 1.69. The first-order valence-electron chi connectivity index (χ1n) is 4.63. The van der Waals surface area contributed by atoms with E-state index in [0.29, 0.717) is 0 Å². The molecule has 0 spiro atoms. The van der Waals surface area contributed by atoms with E-state index in [9.17, 15) is 0 Å². The summed E-state index contributed by atoms with van der Waals surface area (Å²) in [5.41, 5.74) is 3.45. The summed E-state index contributed by atoms with van der Waals surface area (Å²) in [5.74, 6) is 0. The summed E-state index contributed by atoms with van der Waals surface area (Å²) in [6.07, 6.45) is 7.79. The molecular formula is C12H12B2. The summed E-state index contributed by atoms with van der Waals surface area (Å²) < 4.78 is 0. The van der Waals surface area contributed by atoms with Crippen LogP contribution in [0.5, 0.6) is 0 Å². The van der Waals surface area contributed by atoms with Gasteiger partial charge in [0.25, 0.3) is 0 Å². The van der Waals surface area contributed by atoms with Gasteiger partial charge in [0.1, 0.15) is 15.7 Å². The van der Waals surface area contributed by atoms with Gasteiger partial charge in [-0.1, -0.05) is 47.4 Å². The molecule has 0 atom stereocenters. The summed E-state index contributed by atoms with van der Waals surface area (Å²) >= 11 is 0. The highest BCUT2D eigenvalue weighted by atomic mass is 14.0. The molecule has 0 nitrogen and oxygen atoms in total. The van der Waals surface area contributed by atoms with Gasteiger partial charge in [0, 0.05) is 0 Å². The van der Waals surface area contributed by atoms with Crippen LogP contribution in [0.1, 0.15) is 25.0 Å². The first kappa shape index (κ1) is 10.9. The van der Waals surface area contributed by atoms with Gasteiger partial charge in [0.2, 0.25) is 0 Å². The van der Waals surface area contributed by atoms with Gasteiger partial charge in [0.15, 0.2) is 0 Å². The highest BCUT2D eigenvalue weighted by molar-refractivity contribution is 6.38. The van der Waals surface area contributed by atoms with Crippen LogP contribution < -0.4 is 10.9 Å². The zero-order valence-corrected chi connectivity index (χ0v) is 8.62. The van der Waals surface area contributed by atoms with Gasteiger partial charge in [-0.25, -0.2) is 0 Å². The van der Waals surface area contributed by atoms with Crippen LogP contribution >= 0.6 is 0 Å². The summed E-state index contributed by atoms with van der Waals surface area (Å²) in [7, 11) is 11.7. The summed E-state index contributed by atoms with van der Waals surface area (Å²) in [5, 5.41) is 0. The maximum atomic E-state index is 5.87. The number of benzene rings is 1. The van der Waals surface area contributed by atoms with Crippen molar-refractivity contribution in [3.8, 4) is 0 Å². The zero-order valence-electron chi connectivity index (χ0n) is 8.62. The predicted molar refractivity (Wildman–Crippen MR) is 66.6 cm³/mol. The largest absolute Gasteiger partial charge is 0.114 e. The van der Waals surface area contributed by atoms with Crippen molar-refractivity contribution in [2.75, 3.05) is 0 Å². The summed E-state index contributed by atoms with van der Waals surface area (Å²) in [6, 6.07) is 3.79.